The predicted octanol–water partition coefficient (Wildman–Crippen LogP) is 2.30. The van der Waals surface area contributed by atoms with E-state index in [0.717, 1.165) is 0 Å². The van der Waals surface area contributed by atoms with Crippen LogP contribution in [0.25, 0.3) is 0 Å². The minimum Gasteiger partial charge on any atom is -0.455 e. The lowest BCUT2D eigenvalue weighted by Gasteiger charge is -2.40. The van der Waals surface area contributed by atoms with Crippen molar-refractivity contribution < 1.29 is 38.5 Å². The van der Waals surface area contributed by atoms with Crippen molar-refractivity contribution in [3.05, 3.63) is 60.2 Å². The summed E-state index contributed by atoms with van der Waals surface area (Å²) in [7, 11) is 1.51. The summed E-state index contributed by atoms with van der Waals surface area (Å²) in [5.74, 6) is -3.55. The van der Waals surface area contributed by atoms with Gasteiger partial charge in [0.2, 0.25) is 17.7 Å². The van der Waals surface area contributed by atoms with Crippen molar-refractivity contribution in [1.29, 1.82) is 0 Å². The average Bonchev–Trinajstić information content (AvgIpc) is 3.37. The fourth-order valence-electron chi connectivity index (χ4n) is 7.13. The Balaban J connectivity index is 1.60. The Morgan fingerprint density at radius 3 is 2.51 bits per heavy atom. The minimum atomic E-state index is -1.41. The molecule has 0 saturated carbocycles. The first-order valence-electron chi connectivity index (χ1n) is 15.8. The van der Waals surface area contributed by atoms with E-state index in [1.165, 1.54) is 7.11 Å². The predicted molar refractivity (Wildman–Crippen MR) is 164 cm³/mol. The number of benzene rings is 1. The molecule has 2 saturated heterocycles. The first kappa shape index (κ1) is 32.8. The zero-order chi connectivity index (χ0) is 32.4. The summed E-state index contributed by atoms with van der Waals surface area (Å²) in [6, 6.07) is 7.44. The molecule has 0 radical (unpaired) electrons. The van der Waals surface area contributed by atoms with Crippen LogP contribution in [0.4, 0.5) is 0 Å². The summed E-state index contributed by atoms with van der Waals surface area (Å²) >= 11 is 0. The Bertz CT molecular complexity index is 1320. The van der Waals surface area contributed by atoms with Crippen LogP contribution in [0.15, 0.2) is 54.6 Å². The van der Waals surface area contributed by atoms with Gasteiger partial charge < -0.3 is 34.4 Å². The molecule has 3 amide bonds. The largest absolute Gasteiger partial charge is 0.455 e. The number of rotatable bonds is 7. The summed E-state index contributed by atoms with van der Waals surface area (Å²) in [4.78, 5) is 59.5. The highest BCUT2D eigenvalue weighted by Crippen LogP contribution is 2.53. The lowest BCUT2D eigenvalue weighted by Crippen LogP contribution is -2.58. The number of amides is 3. The van der Waals surface area contributed by atoms with Gasteiger partial charge in [0.1, 0.15) is 23.7 Å². The van der Waals surface area contributed by atoms with Gasteiger partial charge in [-0.2, -0.15) is 0 Å². The molecular formula is C34H45N3O8. The van der Waals surface area contributed by atoms with Crippen LogP contribution in [-0.4, -0.2) is 101 Å². The lowest BCUT2D eigenvalue weighted by atomic mass is 9.77. The van der Waals surface area contributed by atoms with Crippen molar-refractivity contribution in [3.63, 3.8) is 0 Å². The molecule has 4 aliphatic rings. The second-order valence-electron chi connectivity index (χ2n) is 13.2. The molecule has 7 atom stereocenters. The Labute approximate surface area is 264 Å². The number of carbonyl (C=O) groups excluding carboxylic acids is 4. The summed E-state index contributed by atoms with van der Waals surface area (Å²) in [5, 5.41) is 12.4. The van der Waals surface area contributed by atoms with E-state index in [2.05, 4.69) is 5.32 Å². The summed E-state index contributed by atoms with van der Waals surface area (Å²) < 4.78 is 18.5. The van der Waals surface area contributed by atoms with Crippen molar-refractivity contribution in [2.45, 2.75) is 81.9 Å². The molecule has 4 heterocycles. The highest BCUT2D eigenvalue weighted by molar-refractivity contribution is 5.99. The molecule has 0 bridgehead atoms. The third-order valence-corrected chi connectivity index (χ3v) is 9.18. The first-order chi connectivity index (χ1) is 21.5. The standard InChI is InChI=1S/C34H45N3O8/c1-33(2,3)37-19-12-17-34-27(30(40)36(18-10-11-20-38)29(34)31(37)41)26-24(45-34)15-8-9-16-25(39)35-23(21-43-4)28(44-32(26)42)22-13-6-5-7-14-22/h5-8,12-15,17,23-24,26-29,38H,9-11,16,18-21H2,1-4H3,(H,35,39)/b15-8-/t23-,24-,26+,27+,28-,29-,34+/m1/s1. The van der Waals surface area contributed by atoms with Crippen LogP contribution in [0, 0.1) is 11.8 Å². The smallest absolute Gasteiger partial charge is 0.313 e. The number of allylic oxidation sites excluding steroid dienone is 1. The molecule has 1 aromatic rings. The van der Waals surface area contributed by atoms with Crippen LogP contribution in [-0.2, 0) is 33.4 Å². The quantitative estimate of drug-likeness (QED) is 0.269. The molecule has 4 aliphatic heterocycles. The number of aliphatic hydroxyl groups excluding tert-OH is 1. The van der Waals surface area contributed by atoms with Gasteiger partial charge in [0, 0.05) is 38.8 Å². The van der Waals surface area contributed by atoms with E-state index in [1.807, 2.05) is 57.2 Å². The number of hydrogen-bond donors (Lipinski definition) is 2. The van der Waals surface area contributed by atoms with Gasteiger partial charge in [-0.1, -0.05) is 54.6 Å². The molecule has 0 aliphatic carbocycles. The number of hydrogen-bond acceptors (Lipinski definition) is 8. The number of carbonyl (C=O) groups is 4. The Morgan fingerprint density at radius 1 is 1.07 bits per heavy atom. The van der Waals surface area contributed by atoms with Crippen molar-refractivity contribution in [2.24, 2.45) is 11.8 Å². The maximum absolute atomic E-state index is 14.5. The Hall–Kier alpha value is -3.54. The van der Waals surface area contributed by atoms with Gasteiger partial charge in [0.15, 0.2) is 0 Å². The van der Waals surface area contributed by atoms with Gasteiger partial charge in [-0.25, -0.2) is 0 Å². The number of unbranched alkanes of at least 4 members (excludes halogenated alkanes) is 1. The third kappa shape index (κ3) is 6.30. The molecule has 5 rings (SSSR count). The van der Waals surface area contributed by atoms with Crippen molar-refractivity contribution >= 4 is 23.7 Å². The molecule has 11 heteroatoms. The SMILES string of the molecule is COC[C@H]1NC(=O)CC/C=C\[C@H]2O[C@]34C=CCN(C(C)(C)C)C(=O)[C@H]3N(CCCCO)C(=O)[C@@H]4[C@H]2C(=O)O[C@@H]1c1ccccc1. The summed E-state index contributed by atoms with van der Waals surface area (Å²) in [5.41, 5.74) is -1.28. The van der Waals surface area contributed by atoms with E-state index >= 15 is 0 Å². The average molecular weight is 624 g/mol. The van der Waals surface area contributed by atoms with Crippen molar-refractivity contribution in [2.75, 3.05) is 33.4 Å². The van der Waals surface area contributed by atoms with Gasteiger partial charge in [0.25, 0.3) is 0 Å². The van der Waals surface area contributed by atoms with E-state index in [1.54, 1.807) is 28.0 Å². The van der Waals surface area contributed by atoms with Gasteiger partial charge in [0.05, 0.1) is 24.7 Å². The lowest BCUT2D eigenvalue weighted by molar-refractivity contribution is -0.162. The number of methoxy groups -OCH3 is 1. The minimum absolute atomic E-state index is 0.0401. The molecule has 2 N–H and O–H groups in total. The van der Waals surface area contributed by atoms with E-state index in [-0.39, 0.29) is 43.9 Å². The zero-order valence-electron chi connectivity index (χ0n) is 26.5. The van der Waals surface area contributed by atoms with E-state index < -0.39 is 53.2 Å². The van der Waals surface area contributed by atoms with Crippen LogP contribution in [0.3, 0.4) is 0 Å². The van der Waals surface area contributed by atoms with Crippen LogP contribution >= 0.6 is 0 Å². The Kier molecular flexibility index (Phi) is 9.81. The summed E-state index contributed by atoms with van der Waals surface area (Å²) in [6.45, 7) is 6.44. The number of esters is 1. The number of likely N-dealkylation sites (tertiary alicyclic amines) is 1. The number of nitrogens with zero attached hydrogens (tertiary/aromatic N) is 2. The van der Waals surface area contributed by atoms with Crippen molar-refractivity contribution in [3.8, 4) is 0 Å². The van der Waals surface area contributed by atoms with Gasteiger partial charge in [-0.15, -0.1) is 0 Å². The highest BCUT2D eigenvalue weighted by Gasteiger charge is 2.72. The second-order valence-corrected chi connectivity index (χ2v) is 13.2. The van der Waals surface area contributed by atoms with Gasteiger partial charge >= 0.3 is 5.97 Å². The topological polar surface area (TPSA) is 135 Å². The molecule has 1 aromatic carbocycles. The molecule has 45 heavy (non-hydrogen) atoms. The number of ether oxygens (including phenoxy) is 3. The summed E-state index contributed by atoms with van der Waals surface area (Å²) in [6.07, 6.45) is 6.92. The van der Waals surface area contributed by atoms with Crippen LogP contribution < -0.4 is 5.32 Å². The number of nitrogens with one attached hydrogen (secondary N) is 1. The number of aliphatic hydroxyl groups is 1. The Morgan fingerprint density at radius 2 is 1.82 bits per heavy atom. The van der Waals surface area contributed by atoms with Crippen LogP contribution in [0.2, 0.25) is 0 Å². The van der Waals surface area contributed by atoms with E-state index in [4.69, 9.17) is 14.2 Å². The van der Waals surface area contributed by atoms with Crippen LogP contribution in [0.1, 0.15) is 58.1 Å². The second kappa shape index (κ2) is 13.4. The number of fused-ring (bicyclic) bond motifs is 2. The first-order valence-corrected chi connectivity index (χ1v) is 15.8. The zero-order valence-corrected chi connectivity index (χ0v) is 26.5. The van der Waals surface area contributed by atoms with Crippen molar-refractivity contribution in [1.82, 2.24) is 15.1 Å². The molecule has 11 nitrogen and oxygen atoms in total. The van der Waals surface area contributed by atoms with E-state index in [9.17, 15) is 24.3 Å². The molecule has 0 unspecified atom stereocenters. The maximum Gasteiger partial charge on any atom is 0.313 e. The number of cyclic esters (lactones) is 1. The van der Waals surface area contributed by atoms with Gasteiger partial charge in [-0.05, 0) is 45.6 Å². The molecule has 1 spiro atoms. The molecule has 2 fully saturated rings. The normalized spacial score (nSPS) is 32.9. The highest BCUT2D eigenvalue weighted by atomic mass is 16.6. The monoisotopic (exact) mass is 623 g/mol. The fraction of sp³-hybridized carbons (Fsp3) is 0.588. The van der Waals surface area contributed by atoms with Gasteiger partial charge in [-0.3, -0.25) is 19.2 Å². The maximum atomic E-state index is 14.5. The fourth-order valence-corrected chi connectivity index (χ4v) is 7.13. The molecule has 244 valence electrons. The van der Waals surface area contributed by atoms with E-state index in [0.29, 0.717) is 31.4 Å². The molecular weight excluding hydrogens is 578 g/mol. The van der Waals surface area contributed by atoms with Crippen LogP contribution in [0.5, 0.6) is 0 Å². The molecule has 0 aromatic heterocycles. The third-order valence-electron chi connectivity index (χ3n) is 9.18.